The van der Waals surface area contributed by atoms with E-state index in [1.165, 1.54) is 29.3 Å². The Bertz CT molecular complexity index is 1080. The quantitative estimate of drug-likeness (QED) is 0.536. The fourth-order valence-corrected chi connectivity index (χ4v) is 4.11. The van der Waals surface area contributed by atoms with E-state index in [9.17, 15) is 9.18 Å². The Morgan fingerprint density at radius 2 is 1.90 bits per heavy atom. The molecule has 2 aromatic carbocycles. The van der Waals surface area contributed by atoms with E-state index in [4.69, 9.17) is 14.2 Å². The van der Waals surface area contributed by atoms with Crippen molar-refractivity contribution in [2.24, 2.45) is 5.10 Å². The Morgan fingerprint density at radius 1 is 1.13 bits per heavy atom. The van der Waals surface area contributed by atoms with E-state index >= 15 is 0 Å². The lowest BCUT2D eigenvalue weighted by molar-refractivity contribution is -0.135. The average Bonchev–Trinajstić information content (AvgIpc) is 3.48. The minimum absolute atomic E-state index is 0.212. The van der Waals surface area contributed by atoms with Gasteiger partial charge in [-0.3, -0.25) is 4.79 Å². The molecule has 160 valence electrons. The number of halogens is 1. The van der Waals surface area contributed by atoms with Crippen molar-refractivity contribution in [3.63, 3.8) is 0 Å². The Labute approximate surface area is 183 Å². The zero-order valence-electron chi connectivity index (χ0n) is 17.1. The molecule has 1 aromatic heterocycles. The monoisotopic (exact) mass is 440 g/mol. The highest BCUT2D eigenvalue weighted by atomic mass is 32.1. The fourth-order valence-electron chi connectivity index (χ4n) is 3.39. The lowest BCUT2D eigenvalue weighted by atomic mass is 10.0. The van der Waals surface area contributed by atoms with Gasteiger partial charge in [0, 0.05) is 6.42 Å². The van der Waals surface area contributed by atoms with E-state index in [1.54, 1.807) is 25.6 Å². The summed E-state index contributed by atoms with van der Waals surface area (Å²) in [5.41, 5.74) is 1.72. The molecule has 0 saturated heterocycles. The molecule has 31 heavy (non-hydrogen) atoms. The van der Waals surface area contributed by atoms with Crippen LogP contribution in [0.3, 0.4) is 0 Å². The van der Waals surface area contributed by atoms with Gasteiger partial charge >= 0.3 is 0 Å². The number of ether oxygens (including phenoxy) is 3. The summed E-state index contributed by atoms with van der Waals surface area (Å²) in [4.78, 5) is 14.0. The number of methoxy groups -OCH3 is 2. The first-order chi connectivity index (χ1) is 15.1. The largest absolute Gasteiger partial charge is 0.493 e. The summed E-state index contributed by atoms with van der Waals surface area (Å²) < 4.78 is 29.4. The summed E-state index contributed by atoms with van der Waals surface area (Å²) in [6.45, 7) is -0.212. The minimum Gasteiger partial charge on any atom is -0.493 e. The molecule has 0 unspecified atom stereocenters. The number of hydrazone groups is 1. The van der Waals surface area contributed by atoms with Gasteiger partial charge in [-0.2, -0.15) is 5.10 Å². The second-order valence-electron chi connectivity index (χ2n) is 6.84. The van der Waals surface area contributed by atoms with Crippen LogP contribution < -0.4 is 14.2 Å². The summed E-state index contributed by atoms with van der Waals surface area (Å²) in [5.74, 6) is 0.951. The van der Waals surface area contributed by atoms with E-state index in [-0.39, 0.29) is 24.4 Å². The van der Waals surface area contributed by atoms with Crippen LogP contribution in [0.2, 0.25) is 0 Å². The molecule has 0 aliphatic carbocycles. The minimum atomic E-state index is -0.364. The Hall–Kier alpha value is -3.39. The zero-order chi connectivity index (χ0) is 21.8. The van der Waals surface area contributed by atoms with Gasteiger partial charge in [-0.1, -0.05) is 12.1 Å². The first-order valence-corrected chi connectivity index (χ1v) is 10.5. The van der Waals surface area contributed by atoms with Crippen molar-refractivity contribution in [3.05, 3.63) is 76.2 Å². The van der Waals surface area contributed by atoms with Crippen molar-refractivity contribution in [1.29, 1.82) is 0 Å². The molecule has 0 N–H and O–H groups in total. The molecule has 0 fully saturated rings. The highest BCUT2D eigenvalue weighted by Gasteiger charge is 2.34. The van der Waals surface area contributed by atoms with Crippen LogP contribution in [-0.2, 0) is 4.79 Å². The molecule has 3 aromatic rings. The lowest BCUT2D eigenvalue weighted by Gasteiger charge is -2.23. The third-order valence-corrected chi connectivity index (χ3v) is 5.86. The zero-order valence-corrected chi connectivity index (χ0v) is 17.9. The topological polar surface area (TPSA) is 60.4 Å². The Morgan fingerprint density at radius 3 is 2.58 bits per heavy atom. The molecule has 6 nitrogen and oxygen atoms in total. The van der Waals surface area contributed by atoms with Crippen LogP contribution in [0.25, 0.3) is 0 Å². The van der Waals surface area contributed by atoms with Gasteiger partial charge < -0.3 is 14.2 Å². The molecule has 1 amide bonds. The number of benzene rings is 2. The molecule has 1 atom stereocenters. The molecule has 0 saturated carbocycles. The van der Waals surface area contributed by atoms with Crippen LogP contribution in [-0.4, -0.2) is 37.5 Å². The number of amides is 1. The van der Waals surface area contributed by atoms with Crippen LogP contribution in [0.4, 0.5) is 4.39 Å². The number of thiophene rings is 1. The summed E-state index contributed by atoms with van der Waals surface area (Å²) in [6.07, 6.45) is 0.568. The van der Waals surface area contributed by atoms with E-state index in [2.05, 4.69) is 5.10 Å². The highest BCUT2D eigenvalue weighted by molar-refractivity contribution is 7.12. The molecule has 0 spiro atoms. The second kappa shape index (κ2) is 9.18. The number of rotatable bonds is 7. The molecular formula is C23H21FN2O4S. The summed E-state index contributed by atoms with van der Waals surface area (Å²) >= 11 is 1.58. The normalized spacial score (nSPS) is 15.5. The van der Waals surface area contributed by atoms with Crippen molar-refractivity contribution >= 4 is 23.0 Å². The molecule has 4 rings (SSSR count). The van der Waals surface area contributed by atoms with Gasteiger partial charge in [-0.25, -0.2) is 9.40 Å². The number of hydrogen-bond donors (Lipinski definition) is 0. The summed E-state index contributed by atoms with van der Waals surface area (Å²) in [7, 11) is 3.15. The predicted molar refractivity (Wildman–Crippen MR) is 117 cm³/mol. The third kappa shape index (κ3) is 4.54. The lowest BCUT2D eigenvalue weighted by Crippen LogP contribution is -2.31. The molecule has 1 aliphatic rings. The van der Waals surface area contributed by atoms with Crippen LogP contribution in [0.5, 0.6) is 17.2 Å². The highest BCUT2D eigenvalue weighted by Crippen LogP contribution is 2.37. The van der Waals surface area contributed by atoms with Gasteiger partial charge in [-0.05, 0) is 53.4 Å². The SMILES string of the molecule is COc1ccc([C@H]2CC(c3cccs3)=NN2C(=O)COc2ccc(F)cc2)cc1OC. The van der Waals surface area contributed by atoms with Crippen molar-refractivity contribution in [2.75, 3.05) is 20.8 Å². The van der Waals surface area contributed by atoms with Crippen LogP contribution in [0.1, 0.15) is 22.9 Å². The van der Waals surface area contributed by atoms with E-state index in [1.807, 2.05) is 35.7 Å². The van der Waals surface area contributed by atoms with Gasteiger partial charge in [-0.15, -0.1) is 11.3 Å². The number of carbonyl (C=O) groups excluding carboxylic acids is 1. The average molecular weight is 440 g/mol. The van der Waals surface area contributed by atoms with Crippen molar-refractivity contribution in [3.8, 4) is 17.2 Å². The van der Waals surface area contributed by atoms with Crippen molar-refractivity contribution in [1.82, 2.24) is 5.01 Å². The van der Waals surface area contributed by atoms with Gasteiger partial charge in [0.15, 0.2) is 18.1 Å². The standard InChI is InChI=1S/C23H21FN2O4S/c1-28-20-10-5-15(12-21(20)29-2)19-13-18(22-4-3-11-31-22)25-26(19)23(27)14-30-17-8-6-16(24)7-9-17/h3-12,19H,13-14H2,1-2H3/t19-/m1/s1. The van der Waals surface area contributed by atoms with Crippen LogP contribution in [0.15, 0.2) is 65.1 Å². The molecule has 0 radical (unpaired) electrons. The molecule has 1 aliphatic heterocycles. The van der Waals surface area contributed by atoms with Crippen molar-refractivity contribution in [2.45, 2.75) is 12.5 Å². The molecule has 8 heteroatoms. The van der Waals surface area contributed by atoms with E-state index in [0.717, 1.165) is 16.2 Å². The number of hydrogen-bond acceptors (Lipinski definition) is 6. The number of nitrogens with zero attached hydrogens (tertiary/aromatic N) is 2. The predicted octanol–water partition coefficient (Wildman–Crippen LogP) is 4.66. The van der Waals surface area contributed by atoms with Crippen molar-refractivity contribution < 1.29 is 23.4 Å². The van der Waals surface area contributed by atoms with Gasteiger partial charge in [0.05, 0.1) is 30.9 Å². The van der Waals surface area contributed by atoms with Gasteiger partial charge in [0.2, 0.25) is 0 Å². The summed E-state index contributed by atoms with van der Waals surface area (Å²) in [5, 5.41) is 8.05. The van der Waals surface area contributed by atoms with Crippen LogP contribution >= 0.6 is 11.3 Å². The first-order valence-electron chi connectivity index (χ1n) is 9.62. The maximum Gasteiger partial charge on any atom is 0.281 e. The van der Waals surface area contributed by atoms with E-state index in [0.29, 0.717) is 23.7 Å². The fraction of sp³-hybridized carbons (Fsp3) is 0.217. The van der Waals surface area contributed by atoms with Crippen LogP contribution in [0, 0.1) is 5.82 Å². The number of carbonyl (C=O) groups is 1. The van der Waals surface area contributed by atoms with E-state index < -0.39 is 0 Å². The third-order valence-electron chi connectivity index (χ3n) is 4.94. The maximum absolute atomic E-state index is 13.1. The second-order valence-corrected chi connectivity index (χ2v) is 7.79. The smallest absolute Gasteiger partial charge is 0.281 e. The Balaban J connectivity index is 1.59. The maximum atomic E-state index is 13.1. The molecular weight excluding hydrogens is 419 g/mol. The Kier molecular flexibility index (Phi) is 6.18. The van der Waals surface area contributed by atoms with Gasteiger partial charge in [0.25, 0.3) is 5.91 Å². The molecule has 0 bridgehead atoms. The summed E-state index contributed by atoms with van der Waals surface area (Å²) in [6, 6.07) is 14.8. The molecule has 2 heterocycles. The van der Waals surface area contributed by atoms with Gasteiger partial charge in [0.1, 0.15) is 11.6 Å². The first kappa shape index (κ1) is 20.9.